The van der Waals surface area contributed by atoms with Gasteiger partial charge >= 0.3 is 0 Å². The van der Waals surface area contributed by atoms with Crippen molar-refractivity contribution in [3.8, 4) is 28.3 Å². The van der Waals surface area contributed by atoms with Crippen LogP contribution in [0, 0.1) is 5.82 Å². The molecule has 1 aromatic heterocycles. The van der Waals surface area contributed by atoms with E-state index in [2.05, 4.69) is 9.97 Å². The predicted octanol–water partition coefficient (Wildman–Crippen LogP) is 2.72. The highest BCUT2D eigenvalue weighted by molar-refractivity contribution is 7.88. The molecule has 7 nitrogen and oxygen atoms in total. The summed E-state index contributed by atoms with van der Waals surface area (Å²) >= 11 is 0. The van der Waals surface area contributed by atoms with Crippen molar-refractivity contribution in [1.29, 1.82) is 0 Å². The third-order valence-electron chi connectivity index (χ3n) is 4.01. The number of nitrogens with zero attached hydrogens (tertiary/aromatic N) is 2. The molecule has 146 valence electrons. The van der Waals surface area contributed by atoms with Gasteiger partial charge in [-0.15, -0.1) is 0 Å². The molecule has 0 unspecified atom stereocenters. The Morgan fingerprint density at radius 2 is 1.79 bits per heavy atom. The van der Waals surface area contributed by atoms with Crippen LogP contribution in [-0.2, 0) is 15.8 Å². The summed E-state index contributed by atoms with van der Waals surface area (Å²) in [6.07, 6.45) is 1.33. The lowest BCUT2D eigenvalue weighted by Crippen LogP contribution is -2.15. The third kappa shape index (κ3) is 4.44. The van der Waals surface area contributed by atoms with Crippen LogP contribution in [0.3, 0.4) is 0 Å². The SMILES string of the molecule is CCOc1ccc(F)cc1-c1cc(-c2cccc(CS(N)(=O)=O)c2N)ncn1. The first-order valence-electron chi connectivity index (χ1n) is 8.41. The Morgan fingerprint density at radius 3 is 2.46 bits per heavy atom. The van der Waals surface area contributed by atoms with Gasteiger partial charge in [0.15, 0.2) is 0 Å². The van der Waals surface area contributed by atoms with E-state index >= 15 is 0 Å². The van der Waals surface area contributed by atoms with Gasteiger partial charge in [0.05, 0.1) is 23.7 Å². The number of benzene rings is 2. The normalized spacial score (nSPS) is 11.4. The number of nitrogens with two attached hydrogens (primary N) is 2. The van der Waals surface area contributed by atoms with E-state index in [9.17, 15) is 12.8 Å². The summed E-state index contributed by atoms with van der Waals surface area (Å²) in [6.45, 7) is 2.25. The molecule has 1 heterocycles. The van der Waals surface area contributed by atoms with E-state index < -0.39 is 15.8 Å². The Bertz CT molecular complexity index is 1120. The molecule has 0 aliphatic rings. The van der Waals surface area contributed by atoms with Crippen LogP contribution in [-0.4, -0.2) is 25.0 Å². The Kier molecular flexibility index (Phi) is 5.57. The number of para-hydroxylation sites is 1. The highest BCUT2D eigenvalue weighted by atomic mass is 32.2. The van der Waals surface area contributed by atoms with Gasteiger partial charge < -0.3 is 10.5 Å². The fourth-order valence-corrected chi connectivity index (χ4v) is 3.50. The molecule has 0 atom stereocenters. The number of hydrogen-bond donors (Lipinski definition) is 2. The van der Waals surface area contributed by atoms with Crippen LogP contribution < -0.4 is 15.6 Å². The molecule has 0 amide bonds. The van der Waals surface area contributed by atoms with Crippen molar-refractivity contribution in [2.45, 2.75) is 12.7 Å². The molecule has 3 rings (SSSR count). The molecular formula is C19H19FN4O3S. The molecule has 0 saturated carbocycles. The Labute approximate surface area is 162 Å². The van der Waals surface area contributed by atoms with E-state index in [-0.39, 0.29) is 11.4 Å². The van der Waals surface area contributed by atoms with Gasteiger partial charge in [0.1, 0.15) is 17.9 Å². The van der Waals surface area contributed by atoms with E-state index in [4.69, 9.17) is 15.6 Å². The second-order valence-corrected chi connectivity index (χ2v) is 7.66. The molecule has 0 spiro atoms. The summed E-state index contributed by atoms with van der Waals surface area (Å²) in [6, 6.07) is 10.8. The summed E-state index contributed by atoms with van der Waals surface area (Å²) in [5.41, 5.74) is 8.69. The zero-order chi connectivity index (χ0) is 20.3. The smallest absolute Gasteiger partial charge is 0.213 e. The summed E-state index contributed by atoms with van der Waals surface area (Å²) in [5.74, 6) is -0.319. The number of primary sulfonamides is 1. The van der Waals surface area contributed by atoms with Crippen molar-refractivity contribution in [2.75, 3.05) is 12.3 Å². The first-order valence-corrected chi connectivity index (χ1v) is 10.1. The zero-order valence-electron chi connectivity index (χ0n) is 15.1. The van der Waals surface area contributed by atoms with Crippen molar-refractivity contribution < 1.29 is 17.5 Å². The fraction of sp³-hybridized carbons (Fsp3) is 0.158. The van der Waals surface area contributed by atoms with Crippen molar-refractivity contribution in [3.63, 3.8) is 0 Å². The van der Waals surface area contributed by atoms with Crippen molar-refractivity contribution in [1.82, 2.24) is 9.97 Å². The van der Waals surface area contributed by atoms with Crippen molar-refractivity contribution in [2.24, 2.45) is 5.14 Å². The highest BCUT2D eigenvalue weighted by Crippen LogP contribution is 2.33. The minimum Gasteiger partial charge on any atom is -0.493 e. The topological polar surface area (TPSA) is 121 Å². The molecule has 28 heavy (non-hydrogen) atoms. The van der Waals surface area contributed by atoms with Gasteiger partial charge in [-0.2, -0.15) is 0 Å². The molecular weight excluding hydrogens is 383 g/mol. The van der Waals surface area contributed by atoms with Crippen molar-refractivity contribution >= 4 is 15.7 Å². The average Bonchev–Trinajstić information content (AvgIpc) is 2.64. The second kappa shape index (κ2) is 7.91. The molecule has 4 N–H and O–H groups in total. The molecule has 0 aliphatic heterocycles. The minimum atomic E-state index is -3.74. The first kappa shape index (κ1) is 19.7. The second-order valence-electron chi connectivity index (χ2n) is 6.05. The number of sulfonamides is 1. The van der Waals surface area contributed by atoms with Crippen LogP contribution in [0.15, 0.2) is 48.8 Å². The van der Waals surface area contributed by atoms with Gasteiger partial charge in [-0.3, -0.25) is 0 Å². The maximum absolute atomic E-state index is 13.8. The van der Waals surface area contributed by atoms with E-state index in [0.29, 0.717) is 40.4 Å². The molecule has 0 radical (unpaired) electrons. The molecule has 0 aliphatic carbocycles. The monoisotopic (exact) mass is 402 g/mol. The average molecular weight is 402 g/mol. The molecule has 3 aromatic rings. The Morgan fingerprint density at radius 1 is 1.07 bits per heavy atom. The quantitative estimate of drug-likeness (QED) is 0.612. The summed E-state index contributed by atoms with van der Waals surface area (Å²) < 4.78 is 42.2. The maximum atomic E-state index is 13.8. The van der Waals surface area contributed by atoms with Crippen LogP contribution in [0.25, 0.3) is 22.5 Å². The van der Waals surface area contributed by atoms with E-state index in [1.165, 1.54) is 24.5 Å². The van der Waals surface area contributed by atoms with Gasteiger partial charge in [-0.05, 0) is 36.8 Å². The number of halogens is 1. The standard InChI is InChI=1S/C19H19FN4O3S/c1-2-27-18-7-6-13(20)8-15(18)17-9-16(23-11-24-17)14-5-3-4-12(19(14)21)10-28(22,25)26/h3-9,11H,2,10,21H2,1H3,(H2,22,25,26). The first-order chi connectivity index (χ1) is 13.3. The molecule has 9 heteroatoms. The van der Waals surface area contributed by atoms with Gasteiger partial charge in [0.25, 0.3) is 0 Å². The van der Waals surface area contributed by atoms with Crippen LogP contribution in [0.4, 0.5) is 10.1 Å². The third-order valence-corrected chi connectivity index (χ3v) is 4.73. The van der Waals surface area contributed by atoms with Gasteiger partial charge in [-0.25, -0.2) is 27.9 Å². The largest absolute Gasteiger partial charge is 0.493 e. The van der Waals surface area contributed by atoms with Crippen molar-refractivity contribution in [3.05, 3.63) is 60.2 Å². The van der Waals surface area contributed by atoms with Gasteiger partial charge in [0, 0.05) is 16.8 Å². The van der Waals surface area contributed by atoms with Crippen LogP contribution in [0.5, 0.6) is 5.75 Å². The van der Waals surface area contributed by atoms with Crippen LogP contribution in [0.2, 0.25) is 0 Å². The molecule has 2 aromatic carbocycles. The predicted molar refractivity (Wildman–Crippen MR) is 105 cm³/mol. The molecule has 0 saturated heterocycles. The number of aromatic nitrogens is 2. The molecule has 0 fully saturated rings. The van der Waals surface area contributed by atoms with Gasteiger partial charge in [-0.1, -0.05) is 18.2 Å². The number of rotatable bonds is 6. The number of ether oxygens (including phenoxy) is 1. The fourth-order valence-electron chi connectivity index (χ4n) is 2.81. The Balaban J connectivity index is 2.09. The molecule has 0 bridgehead atoms. The van der Waals surface area contributed by atoms with Crippen LogP contribution >= 0.6 is 0 Å². The van der Waals surface area contributed by atoms with E-state index in [1.54, 1.807) is 24.3 Å². The van der Waals surface area contributed by atoms with Crippen LogP contribution in [0.1, 0.15) is 12.5 Å². The minimum absolute atomic E-state index is 0.255. The summed E-state index contributed by atoms with van der Waals surface area (Å²) in [4.78, 5) is 8.44. The van der Waals surface area contributed by atoms with E-state index in [1.807, 2.05) is 6.92 Å². The Hall–Kier alpha value is -3.04. The summed E-state index contributed by atoms with van der Waals surface area (Å²) in [5, 5.41) is 5.13. The van der Waals surface area contributed by atoms with Gasteiger partial charge in [0.2, 0.25) is 10.0 Å². The highest BCUT2D eigenvalue weighted by Gasteiger charge is 2.15. The maximum Gasteiger partial charge on any atom is 0.213 e. The van der Waals surface area contributed by atoms with E-state index in [0.717, 1.165) is 0 Å². The number of hydrogen-bond acceptors (Lipinski definition) is 6. The number of anilines is 1. The lowest BCUT2D eigenvalue weighted by atomic mass is 10.0. The summed E-state index contributed by atoms with van der Waals surface area (Å²) in [7, 11) is -3.74. The lowest BCUT2D eigenvalue weighted by Gasteiger charge is -2.12. The zero-order valence-corrected chi connectivity index (χ0v) is 15.9. The number of nitrogen functional groups attached to an aromatic ring is 1. The lowest BCUT2D eigenvalue weighted by molar-refractivity contribution is 0.341.